The summed E-state index contributed by atoms with van der Waals surface area (Å²) in [6, 6.07) is 0. The number of aryl methyl sites for hydroxylation is 2. The molecule has 0 atom stereocenters. The van der Waals surface area contributed by atoms with E-state index in [1.807, 2.05) is 13.8 Å². The molecule has 0 unspecified atom stereocenters. The molecule has 0 spiro atoms. The van der Waals surface area contributed by atoms with Gasteiger partial charge in [0.2, 0.25) is 5.91 Å². The zero-order valence-corrected chi connectivity index (χ0v) is 11.8. The van der Waals surface area contributed by atoms with Crippen molar-refractivity contribution in [3.63, 3.8) is 0 Å². The Bertz CT molecular complexity index is 399. The number of aliphatic hydroxyl groups is 1. The zero-order chi connectivity index (χ0) is 13.9. The van der Waals surface area contributed by atoms with Crippen LogP contribution in [0.5, 0.6) is 0 Å². The van der Waals surface area contributed by atoms with Gasteiger partial charge in [-0.3, -0.25) is 4.79 Å². The fourth-order valence-corrected chi connectivity index (χ4v) is 1.95. The molecule has 0 saturated heterocycles. The molecule has 5 heteroatoms. The Morgan fingerprint density at radius 2 is 2.06 bits per heavy atom. The molecular weight excluding hydrogens is 232 g/mol. The summed E-state index contributed by atoms with van der Waals surface area (Å²) in [5.41, 5.74) is 0.971. The predicted molar refractivity (Wildman–Crippen MR) is 68.2 cm³/mol. The van der Waals surface area contributed by atoms with E-state index >= 15 is 0 Å². The molecule has 1 N–H and O–H groups in total. The van der Waals surface area contributed by atoms with Gasteiger partial charge >= 0.3 is 0 Å². The first-order valence-corrected chi connectivity index (χ1v) is 6.09. The molecule has 0 aromatic carbocycles. The second-order valence-electron chi connectivity index (χ2n) is 5.36. The molecule has 102 valence electrons. The predicted octanol–water partition coefficient (Wildman–Crippen LogP) is 1.45. The molecule has 0 radical (unpaired) electrons. The van der Waals surface area contributed by atoms with Crippen LogP contribution in [0.4, 0.5) is 0 Å². The fourth-order valence-electron chi connectivity index (χ4n) is 1.95. The van der Waals surface area contributed by atoms with Gasteiger partial charge in [0, 0.05) is 25.6 Å². The van der Waals surface area contributed by atoms with Crippen LogP contribution < -0.4 is 0 Å². The van der Waals surface area contributed by atoms with Crippen LogP contribution in [-0.2, 0) is 11.2 Å². The molecule has 1 aromatic heterocycles. The third-order valence-electron chi connectivity index (χ3n) is 2.82. The molecule has 0 aliphatic heterocycles. The Morgan fingerprint density at radius 1 is 1.44 bits per heavy atom. The van der Waals surface area contributed by atoms with Crippen LogP contribution in [0, 0.1) is 13.8 Å². The SMILES string of the molecule is Cc1noc(C)c1CCC(=O)N(C)CC(C)(C)O. The summed E-state index contributed by atoms with van der Waals surface area (Å²) < 4.78 is 5.05. The van der Waals surface area contributed by atoms with Crippen molar-refractivity contribution in [3.8, 4) is 0 Å². The van der Waals surface area contributed by atoms with Gasteiger partial charge < -0.3 is 14.5 Å². The van der Waals surface area contributed by atoms with Gasteiger partial charge in [-0.15, -0.1) is 0 Å². The van der Waals surface area contributed by atoms with E-state index in [-0.39, 0.29) is 5.91 Å². The van der Waals surface area contributed by atoms with E-state index in [0.717, 1.165) is 17.0 Å². The molecule has 1 rings (SSSR count). The molecule has 1 heterocycles. The molecule has 18 heavy (non-hydrogen) atoms. The molecule has 0 saturated carbocycles. The molecule has 0 aliphatic rings. The van der Waals surface area contributed by atoms with Gasteiger partial charge in [-0.1, -0.05) is 5.16 Å². The maximum absolute atomic E-state index is 11.9. The molecule has 1 amide bonds. The van der Waals surface area contributed by atoms with E-state index < -0.39 is 5.60 Å². The summed E-state index contributed by atoms with van der Waals surface area (Å²) in [6.07, 6.45) is 1.02. The first-order valence-electron chi connectivity index (χ1n) is 6.09. The molecular formula is C13H22N2O3. The van der Waals surface area contributed by atoms with Crippen molar-refractivity contribution in [3.05, 3.63) is 17.0 Å². The maximum Gasteiger partial charge on any atom is 0.222 e. The van der Waals surface area contributed by atoms with Crippen LogP contribution in [0.25, 0.3) is 0 Å². The highest BCUT2D eigenvalue weighted by Gasteiger charge is 2.20. The molecule has 0 fully saturated rings. The number of carbonyl (C=O) groups is 1. The molecule has 1 aromatic rings. The molecule has 0 bridgehead atoms. The van der Waals surface area contributed by atoms with Crippen molar-refractivity contribution >= 4 is 5.91 Å². The number of amides is 1. The third kappa shape index (κ3) is 4.14. The van der Waals surface area contributed by atoms with E-state index in [9.17, 15) is 9.90 Å². The fraction of sp³-hybridized carbons (Fsp3) is 0.692. The summed E-state index contributed by atoms with van der Waals surface area (Å²) in [6.45, 7) is 7.42. The normalized spacial score (nSPS) is 11.7. The lowest BCUT2D eigenvalue weighted by Gasteiger charge is -2.25. The van der Waals surface area contributed by atoms with Gasteiger partial charge in [0.1, 0.15) is 5.76 Å². The average molecular weight is 254 g/mol. The quantitative estimate of drug-likeness (QED) is 0.863. The Hall–Kier alpha value is -1.36. The first-order chi connectivity index (χ1) is 8.20. The maximum atomic E-state index is 11.9. The number of aromatic nitrogens is 1. The highest BCUT2D eigenvalue weighted by molar-refractivity contribution is 5.76. The van der Waals surface area contributed by atoms with Crippen molar-refractivity contribution in [1.82, 2.24) is 10.1 Å². The van der Waals surface area contributed by atoms with Crippen LogP contribution in [0.3, 0.4) is 0 Å². The lowest BCUT2D eigenvalue weighted by molar-refractivity contribution is -0.132. The van der Waals surface area contributed by atoms with Crippen LogP contribution in [0.15, 0.2) is 4.52 Å². The number of nitrogens with zero attached hydrogens (tertiary/aromatic N) is 2. The lowest BCUT2D eigenvalue weighted by atomic mass is 10.1. The van der Waals surface area contributed by atoms with Crippen molar-refractivity contribution in [2.45, 2.75) is 46.1 Å². The standard InChI is InChI=1S/C13H22N2O3/c1-9-11(10(2)18-14-9)6-7-12(16)15(5)8-13(3,4)17/h17H,6-8H2,1-5H3. The summed E-state index contributed by atoms with van der Waals surface area (Å²) in [5, 5.41) is 13.5. The largest absolute Gasteiger partial charge is 0.389 e. The lowest BCUT2D eigenvalue weighted by Crippen LogP contribution is -2.39. The number of likely N-dealkylation sites (N-methyl/N-ethyl adjacent to an activating group) is 1. The third-order valence-corrected chi connectivity index (χ3v) is 2.82. The monoisotopic (exact) mass is 254 g/mol. The van der Waals surface area contributed by atoms with Crippen molar-refractivity contribution in [2.24, 2.45) is 0 Å². The van der Waals surface area contributed by atoms with Crippen molar-refractivity contribution in [2.75, 3.05) is 13.6 Å². The molecule has 5 nitrogen and oxygen atoms in total. The minimum atomic E-state index is -0.868. The van der Waals surface area contributed by atoms with E-state index in [4.69, 9.17) is 4.52 Å². The van der Waals surface area contributed by atoms with Gasteiger partial charge in [0.15, 0.2) is 0 Å². The Balaban J connectivity index is 2.51. The number of carbonyl (C=O) groups excluding carboxylic acids is 1. The second-order valence-corrected chi connectivity index (χ2v) is 5.36. The van der Waals surface area contributed by atoms with Gasteiger partial charge in [-0.2, -0.15) is 0 Å². The van der Waals surface area contributed by atoms with Gasteiger partial charge in [-0.25, -0.2) is 0 Å². The number of hydrogen-bond acceptors (Lipinski definition) is 4. The molecule has 0 aliphatic carbocycles. The Labute approximate surface area is 108 Å². The van der Waals surface area contributed by atoms with E-state index in [0.29, 0.717) is 19.4 Å². The minimum Gasteiger partial charge on any atom is -0.389 e. The zero-order valence-electron chi connectivity index (χ0n) is 11.8. The summed E-state index contributed by atoms with van der Waals surface area (Å²) in [5.74, 6) is 0.780. The highest BCUT2D eigenvalue weighted by atomic mass is 16.5. The second kappa shape index (κ2) is 5.52. The average Bonchev–Trinajstić information content (AvgIpc) is 2.53. The number of hydrogen-bond donors (Lipinski definition) is 1. The first kappa shape index (κ1) is 14.7. The minimum absolute atomic E-state index is 0.0112. The van der Waals surface area contributed by atoms with Gasteiger partial charge in [0.25, 0.3) is 0 Å². The van der Waals surface area contributed by atoms with Gasteiger partial charge in [0.05, 0.1) is 11.3 Å². The smallest absolute Gasteiger partial charge is 0.222 e. The topological polar surface area (TPSA) is 66.6 Å². The summed E-state index contributed by atoms with van der Waals surface area (Å²) in [4.78, 5) is 13.5. The van der Waals surface area contributed by atoms with Crippen LogP contribution >= 0.6 is 0 Å². The van der Waals surface area contributed by atoms with Crippen molar-refractivity contribution in [1.29, 1.82) is 0 Å². The van der Waals surface area contributed by atoms with Crippen LogP contribution in [0.1, 0.15) is 37.3 Å². The Morgan fingerprint density at radius 3 is 2.50 bits per heavy atom. The van der Waals surface area contributed by atoms with E-state index in [1.54, 1.807) is 25.8 Å². The van der Waals surface area contributed by atoms with E-state index in [2.05, 4.69) is 5.16 Å². The van der Waals surface area contributed by atoms with Crippen molar-refractivity contribution < 1.29 is 14.4 Å². The summed E-state index contributed by atoms with van der Waals surface area (Å²) in [7, 11) is 1.70. The Kier molecular flexibility index (Phi) is 4.51. The van der Waals surface area contributed by atoms with E-state index in [1.165, 1.54) is 0 Å². The number of rotatable bonds is 5. The summed E-state index contributed by atoms with van der Waals surface area (Å²) >= 11 is 0. The van der Waals surface area contributed by atoms with Crippen LogP contribution in [0.2, 0.25) is 0 Å². The van der Waals surface area contributed by atoms with Gasteiger partial charge in [-0.05, 0) is 34.1 Å². The van der Waals surface area contributed by atoms with Crippen LogP contribution in [-0.4, -0.2) is 40.3 Å². The highest BCUT2D eigenvalue weighted by Crippen LogP contribution is 2.15.